The standard InChI is InChI=1S/C22H29NO9P2.C18H21NO9P2.2C15H16FNO7P2/c1-2-3-4-5-6-9-20(24)30-19-12-10-18(11-13-19)21-31-33(26,27)22(25,34(28,29)32-21)15-17-8-7-14-23-16-17;1-12(2)16(20)26-15-7-5-14(6-8-15)17-27-29(22,23)18(21,30(24,25)28-17)10-13-4-3-9-19-11-13;1-10-4-5-13(16)12(7-10)14-23-25(19,20)15(18,26(21,22)24-14)8-11-3-2-6-17-9-11;1-10-4-5-12(13(16)7-10)14-23-25(19,20)15(18,26(21,22)24-14)8-11-3-2-6-17-9-11/h7-8,10-14,16,21,25H,2-6,9,15H2,1H3,(H,26,27)(H,28,29);3-9,11-12,17,21H,10H2,1-2H3,(H,22,23)(H,24,25);2*2-7,9,14,18H,8H2,1H3,(H,19,20)(H,21,22). The average Bonchev–Trinajstić information content (AvgIpc) is 0.742. The van der Waals surface area contributed by atoms with Gasteiger partial charge in [0.2, 0.25) is 25.2 Å². The summed E-state index contributed by atoms with van der Waals surface area (Å²) < 4.78 is 180. The first-order valence-corrected chi connectivity index (χ1v) is 47.5. The number of aliphatic hydroxyl groups is 4. The Morgan fingerprint density at radius 3 is 1.03 bits per heavy atom. The number of nitrogens with zero attached hydrogens (tertiary/aromatic N) is 4. The Labute approximate surface area is 661 Å². The van der Waals surface area contributed by atoms with Crippen LogP contribution in [0.2, 0.25) is 0 Å². The minimum Gasteiger partial charge on any atom is -0.427 e. The van der Waals surface area contributed by atoms with Crippen molar-refractivity contribution in [3.8, 4) is 11.5 Å². The molecule has 0 saturated carbocycles. The third-order valence-corrected chi connectivity index (χ3v) is 36.1. The fourth-order valence-electron chi connectivity index (χ4n) is 11.1. The van der Waals surface area contributed by atoms with Crippen LogP contribution < -0.4 is 9.47 Å². The minimum atomic E-state index is -5.13. The van der Waals surface area contributed by atoms with Crippen molar-refractivity contribution in [1.82, 2.24) is 19.9 Å². The molecule has 4 aliphatic rings. The van der Waals surface area contributed by atoms with Crippen LogP contribution in [0.1, 0.15) is 140 Å². The molecule has 8 aromatic rings. The molecule has 46 heteroatoms. The number of benzene rings is 4. The number of carbonyl (C=O) groups excluding carboxylic acids is 2. The van der Waals surface area contributed by atoms with Gasteiger partial charge in [0.1, 0.15) is 23.1 Å². The normalized spacial score (nSPS) is 32.1. The molecule has 0 amide bonds. The maximum atomic E-state index is 14.1. The molecule has 0 radical (unpaired) electrons. The van der Waals surface area contributed by atoms with E-state index in [9.17, 15) is 114 Å². The molecule has 628 valence electrons. The van der Waals surface area contributed by atoms with E-state index >= 15 is 0 Å². The molecule has 0 aliphatic carbocycles. The number of aryl methyl sites for hydroxylation is 2. The van der Waals surface area contributed by atoms with Crippen LogP contribution in [-0.2, 0) is 108 Å². The molecule has 4 aliphatic heterocycles. The van der Waals surface area contributed by atoms with Crippen LogP contribution in [0.4, 0.5) is 8.78 Å². The molecule has 12 rings (SSSR count). The third-order valence-electron chi connectivity index (χ3n) is 17.7. The molecule has 4 fully saturated rings. The number of esters is 2. The highest BCUT2D eigenvalue weighted by molar-refractivity contribution is 7.75. The van der Waals surface area contributed by atoms with Gasteiger partial charge in [-0.1, -0.05) is 119 Å². The fourth-order valence-corrected chi connectivity index (χ4v) is 25.4. The number of aromatic nitrogens is 4. The summed E-state index contributed by atoms with van der Waals surface area (Å²) in [5.74, 6) is -2.41. The summed E-state index contributed by atoms with van der Waals surface area (Å²) >= 11 is 0. The summed E-state index contributed by atoms with van der Waals surface area (Å²) in [6.07, 6.45) is 6.09. The van der Waals surface area contributed by atoms with Crippen LogP contribution in [-0.4, -0.2) is 112 Å². The molecule has 0 spiro atoms. The lowest BCUT2D eigenvalue weighted by molar-refractivity contribution is -0.138. The molecule has 4 aromatic heterocycles. The van der Waals surface area contributed by atoms with Crippen molar-refractivity contribution in [3.05, 3.63) is 250 Å². The maximum absolute atomic E-state index is 14.1. The Kier molecular flexibility index (Phi) is 30.2. The number of hydrogen-bond donors (Lipinski definition) is 12. The van der Waals surface area contributed by atoms with E-state index in [2.05, 4.69) is 26.9 Å². The van der Waals surface area contributed by atoms with Crippen molar-refractivity contribution in [3.63, 3.8) is 0 Å². The van der Waals surface area contributed by atoms with E-state index in [0.717, 1.165) is 44.2 Å². The smallest absolute Gasteiger partial charge is 0.374 e. The zero-order valence-corrected chi connectivity index (χ0v) is 69.1. The zero-order chi connectivity index (χ0) is 85.3. The molecule has 4 aromatic carbocycles. The molecule has 8 heterocycles. The van der Waals surface area contributed by atoms with Crippen LogP contribution >= 0.6 is 60.8 Å². The molecular formula is C70H82F2N4O32P8. The summed E-state index contributed by atoms with van der Waals surface area (Å²) in [4.78, 5) is 121. The number of pyridine rings is 4. The number of hydrogen-bond acceptors (Lipinski definition) is 28. The van der Waals surface area contributed by atoms with E-state index < -0.39 is 150 Å². The Morgan fingerprint density at radius 1 is 0.405 bits per heavy atom. The highest BCUT2D eigenvalue weighted by Crippen LogP contribution is 2.83. The van der Waals surface area contributed by atoms with Crippen LogP contribution in [0.15, 0.2) is 183 Å². The Hall–Kier alpha value is -6.68. The molecule has 116 heavy (non-hydrogen) atoms. The summed E-state index contributed by atoms with van der Waals surface area (Å²) in [5, 5.41) is 30.2. The van der Waals surface area contributed by atoms with Gasteiger partial charge >= 0.3 is 72.7 Å². The maximum Gasteiger partial charge on any atom is 0.374 e. The van der Waals surface area contributed by atoms with E-state index in [4.69, 9.17) is 45.7 Å². The van der Waals surface area contributed by atoms with Crippen LogP contribution in [0.5, 0.6) is 11.5 Å². The predicted molar refractivity (Wildman–Crippen MR) is 404 cm³/mol. The van der Waals surface area contributed by atoms with Gasteiger partial charge in [-0.3, -0.25) is 102 Å². The predicted octanol–water partition coefficient (Wildman–Crippen LogP) is 13.3. The number of rotatable bonds is 21. The molecule has 0 bridgehead atoms. The summed E-state index contributed by atoms with van der Waals surface area (Å²) in [5.41, 5.74) is 1.65. The van der Waals surface area contributed by atoms with Crippen molar-refractivity contribution in [2.24, 2.45) is 5.92 Å². The lowest BCUT2D eigenvalue weighted by atomic mass is 10.1. The summed E-state index contributed by atoms with van der Waals surface area (Å²) in [6, 6.07) is 30.4. The highest BCUT2D eigenvalue weighted by Gasteiger charge is 2.71. The molecule has 4 saturated heterocycles. The lowest BCUT2D eigenvalue weighted by Gasteiger charge is -2.41. The second-order valence-corrected chi connectivity index (χ2v) is 44.3. The summed E-state index contributed by atoms with van der Waals surface area (Å²) in [6.45, 7) is 8.70. The monoisotopic (exact) mass is 1780 g/mol. The van der Waals surface area contributed by atoms with E-state index in [0.29, 0.717) is 11.1 Å². The second kappa shape index (κ2) is 37.5. The van der Waals surface area contributed by atoms with Gasteiger partial charge in [-0.05, 0) is 115 Å². The van der Waals surface area contributed by atoms with Gasteiger partial charge in [0, 0.05) is 104 Å². The first kappa shape index (κ1) is 93.2. The van der Waals surface area contributed by atoms with E-state index in [1.54, 1.807) is 27.7 Å². The second-order valence-electron chi connectivity index (χ2n) is 27.0. The first-order valence-electron chi connectivity index (χ1n) is 34.8. The summed E-state index contributed by atoms with van der Waals surface area (Å²) in [7, 11) is -40.8. The Bertz CT molecular complexity index is 5090. The quantitative estimate of drug-likeness (QED) is 0.0138. The average molecular weight is 1780 g/mol. The molecular weight excluding hydrogens is 1690 g/mol. The van der Waals surface area contributed by atoms with Crippen LogP contribution in [0, 0.1) is 31.4 Å². The lowest BCUT2D eigenvalue weighted by Crippen LogP contribution is -2.38. The van der Waals surface area contributed by atoms with E-state index in [1.807, 2.05) is 0 Å². The van der Waals surface area contributed by atoms with E-state index in [1.165, 1.54) is 171 Å². The number of carbonyl (C=O) groups is 2. The fraction of sp³-hybridized carbons (Fsp3) is 0.343. The van der Waals surface area contributed by atoms with Crippen molar-refractivity contribution in [2.45, 2.75) is 144 Å². The number of ether oxygens (including phenoxy) is 2. The highest BCUT2D eigenvalue weighted by atomic mass is 31.3. The van der Waals surface area contributed by atoms with Gasteiger partial charge in [0.25, 0.3) is 20.3 Å². The van der Waals surface area contributed by atoms with Gasteiger partial charge in [-0.2, -0.15) is 0 Å². The van der Waals surface area contributed by atoms with Gasteiger partial charge < -0.3 is 69.0 Å². The van der Waals surface area contributed by atoms with Gasteiger partial charge in [0.05, 0.1) is 5.92 Å². The van der Waals surface area contributed by atoms with Crippen LogP contribution in [0.25, 0.3) is 0 Å². The van der Waals surface area contributed by atoms with Gasteiger partial charge in [-0.25, -0.2) is 8.78 Å². The van der Waals surface area contributed by atoms with Crippen LogP contribution in [0.3, 0.4) is 0 Å². The largest absolute Gasteiger partial charge is 0.427 e. The number of halogens is 2. The molecule has 12 N–H and O–H groups in total. The number of unbranched alkanes of at least 4 members (excludes halogenated alkanes) is 4. The Morgan fingerprint density at radius 2 is 0.716 bits per heavy atom. The Balaban J connectivity index is 0.000000178. The van der Waals surface area contributed by atoms with Crippen molar-refractivity contribution >= 4 is 72.7 Å². The minimum absolute atomic E-state index is 0.117. The van der Waals surface area contributed by atoms with Crippen molar-refractivity contribution in [2.75, 3.05) is 0 Å². The SMILES string of the molecule is CC(C)C(=O)Oc1ccc(C2OP(=O)(O)C(O)(Cc3cccnc3)P(=O)(O)O2)cc1.CCCCCCCC(=O)Oc1ccc(C2OP(=O)(O)C(O)(Cc3cccnc3)P(=O)(O)O2)cc1.Cc1ccc(C2OP(=O)(O)C(O)(Cc3cccnc3)P(=O)(O)O2)c(F)c1.Cc1ccc(F)c(C2OP(=O)(O)C(O)(Cc3cccnc3)P(=O)(O)O2)c1. The van der Waals surface area contributed by atoms with E-state index in [-0.39, 0.29) is 74.3 Å². The van der Waals surface area contributed by atoms with Gasteiger partial charge in [0.15, 0.2) is 0 Å². The molecule has 8 atom stereocenters. The topological polar surface area (TPSA) is 557 Å². The molecule has 8 unspecified atom stereocenters. The van der Waals surface area contributed by atoms with Crippen molar-refractivity contribution in [1.29, 1.82) is 0 Å². The van der Waals surface area contributed by atoms with Gasteiger partial charge in [-0.15, -0.1) is 0 Å². The first-order chi connectivity index (χ1) is 54.1. The third kappa shape index (κ3) is 21.4. The zero-order valence-electron chi connectivity index (χ0n) is 61.9. The van der Waals surface area contributed by atoms with Crippen molar-refractivity contribution < 1.29 is 160 Å². The molecule has 36 nitrogen and oxygen atoms in total.